The zero-order chi connectivity index (χ0) is 15.2. The lowest BCUT2D eigenvalue weighted by Gasteiger charge is -2.13. The molecule has 1 N–H and O–H groups in total. The first kappa shape index (κ1) is 15.9. The van der Waals surface area contributed by atoms with Crippen LogP contribution in [0.1, 0.15) is 18.4 Å². The summed E-state index contributed by atoms with van der Waals surface area (Å²) < 4.78 is 11.2. The van der Waals surface area contributed by atoms with E-state index in [2.05, 4.69) is 5.32 Å². The lowest BCUT2D eigenvalue weighted by atomic mass is 10.2. The molecule has 1 aliphatic heterocycles. The van der Waals surface area contributed by atoms with Crippen LogP contribution in [-0.4, -0.2) is 44.7 Å². The fraction of sp³-hybridized carbons (Fsp3) is 0.533. The van der Waals surface area contributed by atoms with Crippen molar-refractivity contribution in [1.29, 1.82) is 0 Å². The summed E-state index contributed by atoms with van der Waals surface area (Å²) in [5, 5.41) is 3.80. The Morgan fingerprint density at radius 3 is 2.86 bits per heavy atom. The average molecular weight is 313 g/mol. The molecular weight excluding hydrogens is 292 g/mol. The van der Waals surface area contributed by atoms with Gasteiger partial charge in [0.1, 0.15) is 0 Å². The Kier molecular flexibility index (Phi) is 5.70. The number of benzene rings is 1. The maximum Gasteiger partial charge on any atom is 0.223 e. The van der Waals surface area contributed by atoms with E-state index in [1.165, 1.54) is 0 Å². The molecular formula is C15H21ClN2O3. The van der Waals surface area contributed by atoms with E-state index in [9.17, 15) is 4.79 Å². The maximum absolute atomic E-state index is 11.5. The quantitative estimate of drug-likeness (QED) is 0.846. The number of halogens is 1. The van der Waals surface area contributed by atoms with Crippen molar-refractivity contribution in [2.45, 2.75) is 19.4 Å². The van der Waals surface area contributed by atoms with Gasteiger partial charge in [-0.25, -0.2) is 0 Å². The van der Waals surface area contributed by atoms with Gasteiger partial charge in [0.05, 0.1) is 18.2 Å². The fourth-order valence-electron chi connectivity index (χ4n) is 2.04. The number of carbonyl (C=O) groups is 1. The minimum absolute atomic E-state index is 0.110. The second kappa shape index (κ2) is 7.52. The molecule has 0 saturated heterocycles. The molecule has 1 aromatic carbocycles. The predicted molar refractivity (Wildman–Crippen MR) is 82.1 cm³/mol. The highest BCUT2D eigenvalue weighted by molar-refractivity contribution is 6.32. The second-order valence-corrected chi connectivity index (χ2v) is 5.58. The van der Waals surface area contributed by atoms with Crippen molar-refractivity contribution in [2.24, 2.45) is 0 Å². The Morgan fingerprint density at radius 1 is 1.33 bits per heavy atom. The van der Waals surface area contributed by atoms with Gasteiger partial charge in [0.25, 0.3) is 0 Å². The molecule has 0 aromatic heterocycles. The third-order valence-electron chi connectivity index (χ3n) is 3.21. The third kappa shape index (κ3) is 4.51. The topological polar surface area (TPSA) is 50.8 Å². The van der Waals surface area contributed by atoms with Gasteiger partial charge in [-0.1, -0.05) is 11.6 Å². The highest BCUT2D eigenvalue weighted by atomic mass is 35.5. The highest BCUT2D eigenvalue weighted by Crippen LogP contribution is 2.37. The molecule has 0 radical (unpaired) electrons. The Labute approximate surface area is 130 Å². The van der Waals surface area contributed by atoms with Crippen LogP contribution >= 0.6 is 11.6 Å². The van der Waals surface area contributed by atoms with Crippen molar-refractivity contribution >= 4 is 17.5 Å². The summed E-state index contributed by atoms with van der Waals surface area (Å²) in [4.78, 5) is 13.1. The number of carbonyl (C=O) groups excluding carboxylic acids is 1. The maximum atomic E-state index is 11.5. The molecule has 0 unspecified atom stereocenters. The standard InChI is InChI=1S/C15H21ClN2O3/c1-18(2)14(19)4-5-17-10-11-8-12(16)15-13(9-11)20-6-3-7-21-15/h8-9,17H,3-7,10H2,1-2H3. The number of amides is 1. The van der Waals surface area contributed by atoms with Crippen LogP contribution in [-0.2, 0) is 11.3 Å². The molecule has 0 fully saturated rings. The summed E-state index contributed by atoms with van der Waals surface area (Å²) in [6, 6.07) is 3.81. The molecule has 1 aliphatic rings. The summed E-state index contributed by atoms with van der Waals surface area (Å²) in [5.74, 6) is 1.43. The Morgan fingerprint density at radius 2 is 2.10 bits per heavy atom. The van der Waals surface area contributed by atoms with Gasteiger partial charge in [0.2, 0.25) is 5.91 Å². The minimum Gasteiger partial charge on any atom is -0.489 e. The molecule has 1 amide bonds. The first-order chi connectivity index (χ1) is 10.1. The van der Waals surface area contributed by atoms with Gasteiger partial charge in [0.15, 0.2) is 11.5 Å². The summed E-state index contributed by atoms with van der Waals surface area (Å²) in [6.45, 7) is 2.52. The van der Waals surface area contributed by atoms with Crippen molar-refractivity contribution in [1.82, 2.24) is 10.2 Å². The van der Waals surface area contributed by atoms with E-state index in [1.54, 1.807) is 19.0 Å². The second-order valence-electron chi connectivity index (χ2n) is 5.17. The Bertz CT molecular complexity index is 506. The van der Waals surface area contributed by atoms with E-state index in [-0.39, 0.29) is 5.91 Å². The molecule has 0 spiro atoms. The van der Waals surface area contributed by atoms with E-state index in [0.29, 0.717) is 49.2 Å². The van der Waals surface area contributed by atoms with E-state index in [1.807, 2.05) is 12.1 Å². The van der Waals surface area contributed by atoms with Crippen LogP contribution in [0, 0.1) is 0 Å². The van der Waals surface area contributed by atoms with Crippen LogP contribution in [0.3, 0.4) is 0 Å². The molecule has 1 aromatic rings. The van der Waals surface area contributed by atoms with Crippen LogP contribution in [0.2, 0.25) is 5.02 Å². The minimum atomic E-state index is 0.110. The van der Waals surface area contributed by atoms with Gasteiger partial charge in [-0.3, -0.25) is 4.79 Å². The van der Waals surface area contributed by atoms with Gasteiger partial charge >= 0.3 is 0 Å². The summed E-state index contributed by atoms with van der Waals surface area (Å²) in [7, 11) is 3.51. The van der Waals surface area contributed by atoms with Crippen molar-refractivity contribution in [2.75, 3.05) is 33.9 Å². The number of ether oxygens (including phenoxy) is 2. The zero-order valence-electron chi connectivity index (χ0n) is 12.4. The average Bonchev–Trinajstić information content (AvgIpc) is 2.69. The lowest BCUT2D eigenvalue weighted by Crippen LogP contribution is -2.26. The number of hydrogen-bond acceptors (Lipinski definition) is 4. The molecule has 1 heterocycles. The number of nitrogens with one attached hydrogen (secondary N) is 1. The van der Waals surface area contributed by atoms with Gasteiger partial charge in [-0.15, -0.1) is 0 Å². The monoisotopic (exact) mass is 312 g/mol. The van der Waals surface area contributed by atoms with Gasteiger partial charge in [-0.05, 0) is 17.7 Å². The van der Waals surface area contributed by atoms with E-state index >= 15 is 0 Å². The number of hydrogen-bond donors (Lipinski definition) is 1. The van der Waals surface area contributed by atoms with Crippen LogP contribution in [0.25, 0.3) is 0 Å². The number of fused-ring (bicyclic) bond motifs is 1. The number of rotatable bonds is 5. The number of nitrogens with zero attached hydrogens (tertiary/aromatic N) is 1. The van der Waals surface area contributed by atoms with E-state index in [4.69, 9.17) is 21.1 Å². The lowest BCUT2D eigenvalue weighted by molar-refractivity contribution is -0.128. The summed E-state index contributed by atoms with van der Waals surface area (Å²) in [5.41, 5.74) is 1.02. The molecule has 0 atom stereocenters. The first-order valence-electron chi connectivity index (χ1n) is 7.07. The van der Waals surface area contributed by atoms with Crippen LogP contribution < -0.4 is 14.8 Å². The Hall–Kier alpha value is -1.46. The van der Waals surface area contributed by atoms with Crippen molar-refractivity contribution in [3.63, 3.8) is 0 Å². The van der Waals surface area contributed by atoms with Crippen molar-refractivity contribution < 1.29 is 14.3 Å². The molecule has 0 bridgehead atoms. The van der Waals surface area contributed by atoms with Gasteiger partial charge < -0.3 is 19.7 Å². The smallest absolute Gasteiger partial charge is 0.223 e. The first-order valence-corrected chi connectivity index (χ1v) is 7.44. The molecule has 21 heavy (non-hydrogen) atoms. The van der Waals surface area contributed by atoms with Gasteiger partial charge in [-0.2, -0.15) is 0 Å². The largest absolute Gasteiger partial charge is 0.489 e. The molecule has 0 saturated carbocycles. The van der Waals surface area contributed by atoms with Gasteiger partial charge in [0, 0.05) is 40.0 Å². The van der Waals surface area contributed by atoms with Crippen molar-refractivity contribution in [3.8, 4) is 11.5 Å². The van der Waals surface area contributed by atoms with Crippen LogP contribution in [0.15, 0.2) is 12.1 Å². The fourth-order valence-corrected chi connectivity index (χ4v) is 2.33. The molecule has 0 aliphatic carbocycles. The summed E-state index contributed by atoms with van der Waals surface area (Å²) >= 11 is 6.23. The van der Waals surface area contributed by atoms with Crippen LogP contribution in [0.4, 0.5) is 0 Å². The third-order valence-corrected chi connectivity index (χ3v) is 3.49. The molecule has 6 heteroatoms. The van der Waals surface area contributed by atoms with E-state index < -0.39 is 0 Å². The summed E-state index contributed by atoms with van der Waals surface area (Å²) in [6.07, 6.45) is 1.33. The highest BCUT2D eigenvalue weighted by Gasteiger charge is 2.15. The van der Waals surface area contributed by atoms with Crippen molar-refractivity contribution in [3.05, 3.63) is 22.7 Å². The van der Waals surface area contributed by atoms with Crippen LogP contribution in [0.5, 0.6) is 11.5 Å². The normalized spacial score (nSPS) is 13.7. The van der Waals surface area contributed by atoms with E-state index in [0.717, 1.165) is 12.0 Å². The zero-order valence-corrected chi connectivity index (χ0v) is 13.2. The molecule has 2 rings (SSSR count). The molecule has 116 valence electrons. The SMILES string of the molecule is CN(C)C(=O)CCNCc1cc(Cl)c2c(c1)OCCCO2. The Balaban J connectivity index is 1.91. The molecule has 5 nitrogen and oxygen atoms in total. The predicted octanol–water partition coefficient (Wildman–Crippen LogP) is 2.07.